The number of hydrogen-bond acceptors (Lipinski definition) is 2. The Morgan fingerprint density at radius 1 is 1.10 bits per heavy atom. The molecule has 0 aromatic heterocycles. The number of ether oxygens (including phenoxy) is 1. The van der Waals surface area contributed by atoms with Crippen LogP contribution in [0.15, 0.2) is 60.8 Å². The second kappa shape index (κ2) is 4.96. The number of fused-ring (bicyclic) bond motifs is 1. The van der Waals surface area contributed by atoms with E-state index in [1.165, 1.54) is 16.8 Å². The van der Waals surface area contributed by atoms with E-state index in [1.54, 1.807) is 0 Å². The number of nitrogens with zero attached hydrogens (tertiary/aromatic N) is 1. The molecule has 2 nitrogen and oxygen atoms in total. The molecule has 2 aromatic rings. The van der Waals surface area contributed by atoms with E-state index in [-0.39, 0.29) is 5.41 Å². The van der Waals surface area contributed by atoms with E-state index in [9.17, 15) is 0 Å². The van der Waals surface area contributed by atoms with Crippen molar-refractivity contribution in [1.29, 1.82) is 0 Å². The minimum atomic E-state index is -0.0454. The molecule has 0 N–H and O–H groups in total. The van der Waals surface area contributed by atoms with Crippen LogP contribution in [-0.2, 0) is 12.0 Å². The summed E-state index contributed by atoms with van der Waals surface area (Å²) in [5.41, 5.74) is 4.75. The average molecular weight is 279 g/mol. The Bertz CT molecular complexity index is 673. The van der Waals surface area contributed by atoms with Gasteiger partial charge in [-0.05, 0) is 29.3 Å². The number of likely N-dealkylation sites (N-methyl/N-ethyl adjacent to an activating group) is 1. The molecule has 0 aliphatic carbocycles. The quantitative estimate of drug-likeness (QED) is 0.820. The Labute approximate surface area is 126 Å². The predicted octanol–water partition coefficient (Wildman–Crippen LogP) is 4.51. The third-order valence-electron chi connectivity index (χ3n) is 4.38. The zero-order valence-electron chi connectivity index (χ0n) is 12.9. The molecule has 1 heterocycles. The van der Waals surface area contributed by atoms with Gasteiger partial charge in [0.1, 0.15) is 12.4 Å². The van der Waals surface area contributed by atoms with Crippen molar-refractivity contribution in [2.45, 2.75) is 25.9 Å². The van der Waals surface area contributed by atoms with E-state index in [0.717, 1.165) is 11.4 Å². The SMILES string of the molecule is C=C1N(C)c2ccc(OCc3ccccc3)cc2C1(C)C. The monoisotopic (exact) mass is 279 g/mol. The van der Waals surface area contributed by atoms with Crippen molar-refractivity contribution in [3.8, 4) is 5.75 Å². The maximum Gasteiger partial charge on any atom is 0.120 e. The molecule has 0 unspecified atom stereocenters. The van der Waals surface area contributed by atoms with Gasteiger partial charge in [0.25, 0.3) is 0 Å². The van der Waals surface area contributed by atoms with Gasteiger partial charge in [0.15, 0.2) is 0 Å². The summed E-state index contributed by atoms with van der Waals surface area (Å²) in [7, 11) is 2.07. The van der Waals surface area contributed by atoms with Gasteiger partial charge in [-0.25, -0.2) is 0 Å². The van der Waals surface area contributed by atoms with Gasteiger partial charge in [-0.2, -0.15) is 0 Å². The van der Waals surface area contributed by atoms with Crippen molar-refractivity contribution in [3.05, 3.63) is 71.9 Å². The molecule has 0 saturated heterocycles. The molecular weight excluding hydrogens is 258 g/mol. The Morgan fingerprint density at radius 2 is 1.81 bits per heavy atom. The molecule has 0 bridgehead atoms. The van der Waals surface area contributed by atoms with Crippen LogP contribution in [0, 0.1) is 0 Å². The average Bonchev–Trinajstić information content (AvgIpc) is 2.67. The van der Waals surface area contributed by atoms with Crippen molar-refractivity contribution in [1.82, 2.24) is 0 Å². The van der Waals surface area contributed by atoms with E-state index in [0.29, 0.717) is 6.61 Å². The van der Waals surface area contributed by atoms with Crippen molar-refractivity contribution in [3.63, 3.8) is 0 Å². The van der Waals surface area contributed by atoms with Crippen LogP contribution in [0.5, 0.6) is 5.75 Å². The number of allylic oxidation sites excluding steroid dienone is 1. The summed E-state index contributed by atoms with van der Waals surface area (Å²) < 4.78 is 5.93. The Hall–Kier alpha value is -2.22. The van der Waals surface area contributed by atoms with Gasteiger partial charge >= 0.3 is 0 Å². The largest absolute Gasteiger partial charge is 0.489 e. The van der Waals surface area contributed by atoms with Crippen LogP contribution in [0.1, 0.15) is 25.0 Å². The van der Waals surface area contributed by atoms with Gasteiger partial charge in [0.05, 0.1) is 0 Å². The first-order valence-electron chi connectivity index (χ1n) is 7.24. The van der Waals surface area contributed by atoms with Gasteiger partial charge in [-0.3, -0.25) is 0 Å². The highest BCUT2D eigenvalue weighted by molar-refractivity contribution is 5.70. The minimum Gasteiger partial charge on any atom is -0.489 e. The zero-order valence-corrected chi connectivity index (χ0v) is 12.9. The van der Waals surface area contributed by atoms with E-state index in [1.807, 2.05) is 24.3 Å². The molecule has 1 aliphatic rings. The topological polar surface area (TPSA) is 12.5 Å². The van der Waals surface area contributed by atoms with Crippen LogP contribution in [0.25, 0.3) is 0 Å². The molecule has 2 heteroatoms. The molecule has 3 rings (SSSR count). The van der Waals surface area contributed by atoms with E-state index >= 15 is 0 Å². The lowest BCUT2D eigenvalue weighted by Gasteiger charge is -2.22. The third kappa shape index (κ3) is 2.31. The standard InChI is InChI=1S/C19H21NO/c1-14-19(2,3)17-12-16(10-11-18(17)20(14)4)21-13-15-8-6-5-7-9-15/h5-12H,1,13H2,2-4H3. The normalized spacial score (nSPS) is 16.0. The zero-order chi connectivity index (χ0) is 15.0. The second-order valence-electron chi connectivity index (χ2n) is 6.08. The number of hydrogen-bond donors (Lipinski definition) is 0. The lowest BCUT2D eigenvalue weighted by Crippen LogP contribution is -2.21. The molecular formula is C19H21NO. The first kappa shape index (κ1) is 13.7. The third-order valence-corrected chi connectivity index (χ3v) is 4.38. The first-order valence-corrected chi connectivity index (χ1v) is 7.24. The highest BCUT2D eigenvalue weighted by Crippen LogP contribution is 2.47. The second-order valence-corrected chi connectivity index (χ2v) is 6.08. The van der Waals surface area contributed by atoms with Crippen LogP contribution in [0.4, 0.5) is 5.69 Å². The number of benzene rings is 2. The lowest BCUT2D eigenvalue weighted by molar-refractivity contribution is 0.305. The molecule has 0 atom stereocenters. The van der Waals surface area contributed by atoms with E-state index < -0.39 is 0 Å². The molecule has 0 radical (unpaired) electrons. The van der Waals surface area contributed by atoms with Crippen molar-refractivity contribution in [2.75, 3.05) is 11.9 Å². The minimum absolute atomic E-state index is 0.0454. The van der Waals surface area contributed by atoms with Crippen LogP contribution in [0.3, 0.4) is 0 Å². The van der Waals surface area contributed by atoms with E-state index in [4.69, 9.17) is 4.74 Å². The molecule has 21 heavy (non-hydrogen) atoms. The summed E-state index contributed by atoms with van der Waals surface area (Å²) >= 11 is 0. The maximum atomic E-state index is 5.93. The predicted molar refractivity (Wildman–Crippen MR) is 87.8 cm³/mol. The van der Waals surface area contributed by atoms with Gasteiger partial charge < -0.3 is 9.64 Å². The van der Waals surface area contributed by atoms with Gasteiger partial charge in [0.2, 0.25) is 0 Å². The Balaban J connectivity index is 1.84. The van der Waals surface area contributed by atoms with Gasteiger partial charge in [-0.15, -0.1) is 0 Å². The summed E-state index contributed by atoms with van der Waals surface area (Å²) in [4.78, 5) is 2.16. The van der Waals surface area contributed by atoms with Crippen molar-refractivity contribution >= 4 is 5.69 Å². The van der Waals surface area contributed by atoms with Crippen LogP contribution in [-0.4, -0.2) is 7.05 Å². The Morgan fingerprint density at radius 3 is 2.52 bits per heavy atom. The summed E-state index contributed by atoms with van der Waals surface area (Å²) in [5.74, 6) is 0.911. The first-order chi connectivity index (χ1) is 10.00. The maximum absolute atomic E-state index is 5.93. The summed E-state index contributed by atoms with van der Waals surface area (Å²) in [5, 5.41) is 0. The fourth-order valence-corrected chi connectivity index (χ4v) is 2.86. The summed E-state index contributed by atoms with van der Waals surface area (Å²) in [6.45, 7) is 9.22. The summed E-state index contributed by atoms with van der Waals surface area (Å²) in [6.07, 6.45) is 0. The molecule has 0 saturated carbocycles. The molecule has 108 valence electrons. The highest BCUT2D eigenvalue weighted by atomic mass is 16.5. The molecule has 0 spiro atoms. The Kier molecular flexibility index (Phi) is 3.25. The van der Waals surface area contributed by atoms with Crippen LogP contribution in [0.2, 0.25) is 0 Å². The van der Waals surface area contributed by atoms with Crippen molar-refractivity contribution < 1.29 is 4.74 Å². The van der Waals surface area contributed by atoms with Crippen molar-refractivity contribution in [2.24, 2.45) is 0 Å². The fourth-order valence-electron chi connectivity index (χ4n) is 2.86. The molecule has 2 aromatic carbocycles. The molecule has 1 aliphatic heterocycles. The van der Waals surface area contributed by atoms with Gasteiger partial charge in [-0.1, -0.05) is 50.8 Å². The lowest BCUT2D eigenvalue weighted by atomic mass is 9.84. The molecule has 0 fully saturated rings. The van der Waals surface area contributed by atoms with Crippen LogP contribution < -0.4 is 9.64 Å². The summed E-state index contributed by atoms with van der Waals surface area (Å²) in [6, 6.07) is 16.5. The van der Waals surface area contributed by atoms with Crippen LogP contribution >= 0.6 is 0 Å². The fraction of sp³-hybridized carbons (Fsp3) is 0.263. The molecule has 0 amide bonds. The smallest absolute Gasteiger partial charge is 0.120 e. The highest BCUT2D eigenvalue weighted by Gasteiger charge is 2.37. The van der Waals surface area contributed by atoms with E-state index in [2.05, 4.69) is 56.6 Å². The number of rotatable bonds is 3. The number of anilines is 1. The van der Waals surface area contributed by atoms with Gasteiger partial charge in [0, 0.05) is 23.8 Å².